The molecule has 3 rings (SSSR count). The van der Waals surface area contributed by atoms with Crippen molar-refractivity contribution in [1.29, 1.82) is 0 Å². The number of carbonyl (C=O) groups excluding carboxylic acids is 1. The summed E-state index contributed by atoms with van der Waals surface area (Å²) in [5.41, 5.74) is 4.25. The van der Waals surface area contributed by atoms with Gasteiger partial charge in [-0.15, -0.1) is 10.2 Å². The Bertz CT molecular complexity index is 923. The largest absolute Gasteiger partial charge is 0.508 e. The molecule has 0 saturated carbocycles. The van der Waals surface area contributed by atoms with E-state index < -0.39 is 0 Å². The summed E-state index contributed by atoms with van der Waals surface area (Å²) in [6.07, 6.45) is 1.52. The van der Waals surface area contributed by atoms with Crippen LogP contribution in [0.5, 0.6) is 5.75 Å². The van der Waals surface area contributed by atoms with E-state index in [2.05, 4.69) is 20.7 Å². The number of thioether (sulfide) groups is 1. The van der Waals surface area contributed by atoms with Crippen molar-refractivity contribution in [2.24, 2.45) is 5.10 Å². The second-order valence-electron chi connectivity index (χ2n) is 5.59. The molecule has 3 aromatic rings. The van der Waals surface area contributed by atoms with Gasteiger partial charge in [0.2, 0.25) is 0 Å². The standard InChI is InChI=1S/C19H19N5O2S/c1-2-24-18(15-6-4-3-5-7-15)22-23-19(24)27-13-17(26)21-20-12-14-8-10-16(25)11-9-14/h3-12,25H,2,13H2,1H3,(H,21,26). The van der Waals surface area contributed by atoms with Gasteiger partial charge >= 0.3 is 0 Å². The highest BCUT2D eigenvalue weighted by Crippen LogP contribution is 2.23. The summed E-state index contributed by atoms with van der Waals surface area (Å²) in [5, 5.41) is 22.3. The Morgan fingerprint density at radius 1 is 1.19 bits per heavy atom. The first-order valence-electron chi connectivity index (χ1n) is 8.39. The van der Waals surface area contributed by atoms with Crippen LogP contribution in [0, 0.1) is 0 Å². The molecule has 2 aromatic carbocycles. The number of aromatic hydroxyl groups is 1. The summed E-state index contributed by atoms with van der Waals surface area (Å²) in [6, 6.07) is 16.3. The van der Waals surface area contributed by atoms with Crippen molar-refractivity contribution < 1.29 is 9.90 Å². The average Bonchev–Trinajstić information content (AvgIpc) is 3.11. The number of phenols is 1. The summed E-state index contributed by atoms with van der Waals surface area (Å²) < 4.78 is 1.98. The second-order valence-corrected chi connectivity index (χ2v) is 6.53. The average molecular weight is 381 g/mol. The fourth-order valence-corrected chi connectivity index (χ4v) is 3.18. The molecule has 27 heavy (non-hydrogen) atoms. The Labute approximate surface area is 161 Å². The topological polar surface area (TPSA) is 92.4 Å². The zero-order chi connectivity index (χ0) is 19.1. The molecule has 0 unspecified atom stereocenters. The minimum absolute atomic E-state index is 0.180. The van der Waals surface area contributed by atoms with Crippen molar-refractivity contribution in [3.63, 3.8) is 0 Å². The van der Waals surface area contributed by atoms with Crippen LogP contribution in [0.15, 0.2) is 64.9 Å². The molecule has 138 valence electrons. The van der Waals surface area contributed by atoms with E-state index in [1.54, 1.807) is 24.3 Å². The van der Waals surface area contributed by atoms with E-state index in [-0.39, 0.29) is 17.4 Å². The van der Waals surface area contributed by atoms with Crippen molar-refractivity contribution in [3.8, 4) is 17.1 Å². The number of rotatable bonds is 7. The van der Waals surface area contributed by atoms with Crippen molar-refractivity contribution in [3.05, 3.63) is 60.2 Å². The number of nitrogens with zero attached hydrogens (tertiary/aromatic N) is 4. The molecule has 0 aliphatic heterocycles. The van der Waals surface area contributed by atoms with Crippen molar-refractivity contribution in [1.82, 2.24) is 20.2 Å². The molecule has 8 heteroatoms. The van der Waals surface area contributed by atoms with Crippen molar-refractivity contribution in [2.75, 3.05) is 5.75 Å². The zero-order valence-corrected chi connectivity index (χ0v) is 15.6. The first kappa shape index (κ1) is 18.7. The molecule has 0 radical (unpaired) electrons. The van der Waals surface area contributed by atoms with E-state index in [0.29, 0.717) is 11.7 Å². The minimum Gasteiger partial charge on any atom is -0.508 e. The Morgan fingerprint density at radius 3 is 2.63 bits per heavy atom. The van der Waals surface area contributed by atoms with E-state index in [9.17, 15) is 9.90 Å². The SMILES string of the molecule is CCn1c(SCC(=O)NN=Cc2ccc(O)cc2)nnc1-c1ccccc1. The maximum absolute atomic E-state index is 12.0. The molecule has 0 fully saturated rings. The molecule has 7 nitrogen and oxygen atoms in total. The third-order valence-corrected chi connectivity index (χ3v) is 4.66. The lowest BCUT2D eigenvalue weighted by Gasteiger charge is -2.06. The van der Waals surface area contributed by atoms with Crippen LogP contribution < -0.4 is 5.43 Å². The minimum atomic E-state index is -0.234. The van der Waals surface area contributed by atoms with Gasteiger partial charge in [-0.05, 0) is 36.8 Å². The quantitative estimate of drug-likeness (QED) is 0.373. The fourth-order valence-electron chi connectivity index (χ4n) is 2.38. The van der Waals surface area contributed by atoms with E-state index in [4.69, 9.17) is 0 Å². The first-order valence-corrected chi connectivity index (χ1v) is 9.38. The number of amides is 1. The molecular weight excluding hydrogens is 362 g/mol. The predicted molar refractivity (Wildman–Crippen MR) is 106 cm³/mol. The van der Waals surface area contributed by atoms with Crippen LogP contribution in [0.4, 0.5) is 0 Å². The van der Waals surface area contributed by atoms with Crippen LogP contribution in [-0.4, -0.2) is 37.7 Å². The van der Waals surface area contributed by atoms with Crippen molar-refractivity contribution >= 4 is 23.9 Å². The van der Waals surface area contributed by atoms with Gasteiger partial charge < -0.3 is 9.67 Å². The second kappa shape index (κ2) is 9.00. The van der Waals surface area contributed by atoms with Gasteiger partial charge in [0.15, 0.2) is 11.0 Å². The number of hydrogen-bond donors (Lipinski definition) is 2. The van der Waals surface area contributed by atoms with Crippen LogP contribution in [-0.2, 0) is 11.3 Å². The zero-order valence-electron chi connectivity index (χ0n) is 14.7. The molecule has 0 saturated heterocycles. The van der Waals surface area contributed by atoms with E-state index in [1.807, 2.05) is 41.8 Å². The molecule has 0 atom stereocenters. The Balaban J connectivity index is 1.57. The van der Waals surface area contributed by atoms with Crippen LogP contribution in [0.2, 0.25) is 0 Å². The molecule has 0 bridgehead atoms. The third kappa shape index (κ3) is 4.95. The molecule has 1 amide bonds. The number of hydrogen-bond acceptors (Lipinski definition) is 6. The Hall–Kier alpha value is -3.13. The Kier molecular flexibility index (Phi) is 6.22. The highest BCUT2D eigenvalue weighted by atomic mass is 32.2. The monoisotopic (exact) mass is 381 g/mol. The van der Waals surface area contributed by atoms with Gasteiger partial charge in [-0.2, -0.15) is 5.10 Å². The summed E-state index contributed by atoms with van der Waals surface area (Å²) in [5.74, 6) is 0.913. The van der Waals surface area contributed by atoms with Gasteiger partial charge in [-0.3, -0.25) is 4.79 Å². The molecular formula is C19H19N5O2S. The predicted octanol–water partition coefficient (Wildman–Crippen LogP) is 2.91. The molecule has 0 spiro atoms. The first-order chi connectivity index (χ1) is 13.2. The number of phenolic OH excluding ortho intramolecular Hbond substituents is 1. The van der Waals surface area contributed by atoms with Gasteiger partial charge in [0, 0.05) is 12.1 Å². The molecule has 0 aliphatic rings. The lowest BCUT2D eigenvalue weighted by Crippen LogP contribution is -2.20. The third-order valence-electron chi connectivity index (χ3n) is 3.69. The normalized spacial score (nSPS) is 11.0. The number of benzene rings is 2. The van der Waals surface area contributed by atoms with E-state index in [0.717, 1.165) is 17.0 Å². The lowest BCUT2D eigenvalue weighted by molar-refractivity contribution is -0.118. The van der Waals surface area contributed by atoms with Gasteiger partial charge in [-0.25, -0.2) is 5.43 Å². The summed E-state index contributed by atoms with van der Waals surface area (Å²) >= 11 is 1.31. The highest BCUT2D eigenvalue weighted by Gasteiger charge is 2.14. The summed E-state index contributed by atoms with van der Waals surface area (Å²) in [7, 11) is 0. The lowest BCUT2D eigenvalue weighted by atomic mass is 10.2. The van der Waals surface area contributed by atoms with Gasteiger partial charge in [0.25, 0.3) is 5.91 Å². The van der Waals surface area contributed by atoms with Gasteiger partial charge in [0.1, 0.15) is 5.75 Å². The summed E-state index contributed by atoms with van der Waals surface area (Å²) in [6.45, 7) is 2.72. The number of aromatic nitrogens is 3. The number of hydrazone groups is 1. The molecule has 1 aromatic heterocycles. The van der Waals surface area contributed by atoms with Crippen LogP contribution in [0.3, 0.4) is 0 Å². The van der Waals surface area contributed by atoms with E-state index in [1.165, 1.54) is 18.0 Å². The van der Waals surface area contributed by atoms with Crippen LogP contribution in [0.1, 0.15) is 12.5 Å². The van der Waals surface area contributed by atoms with Crippen LogP contribution >= 0.6 is 11.8 Å². The molecule has 0 aliphatic carbocycles. The van der Waals surface area contributed by atoms with Gasteiger partial charge in [-0.1, -0.05) is 42.1 Å². The maximum atomic E-state index is 12.0. The molecule has 1 heterocycles. The smallest absolute Gasteiger partial charge is 0.250 e. The summed E-state index contributed by atoms with van der Waals surface area (Å²) in [4.78, 5) is 12.0. The highest BCUT2D eigenvalue weighted by molar-refractivity contribution is 7.99. The van der Waals surface area contributed by atoms with Gasteiger partial charge in [0.05, 0.1) is 12.0 Å². The molecule has 2 N–H and O–H groups in total. The van der Waals surface area contributed by atoms with E-state index >= 15 is 0 Å². The van der Waals surface area contributed by atoms with Crippen molar-refractivity contribution in [2.45, 2.75) is 18.6 Å². The van der Waals surface area contributed by atoms with Crippen LogP contribution in [0.25, 0.3) is 11.4 Å². The Morgan fingerprint density at radius 2 is 1.93 bits per heavy atom. The number of nitrogens with one attached hydrogen (secondary N) is 1. The maximum Gasteiger partial charge on any atom is 0.250 e. The number of carbonyl (C=O) groups is 1. The fraction of sp³-hybridized carbons (Fsp3) is 0.158.